The number of hydrogen-bond acceptors (Lipinski definition) is 3. The monoisotopic (exact) mass is 254 g/mol. The molecule has 0 saturated heterocycles. The molecule has 4 heteroatoms. The summed E-state index contributed by atoms with van der Waals surface area (Å²) < 4.78 is 0. The Morgan fingerprint density at radius 1 is 1.22 bits per heavy atom. The minimum absolute atomic E-state index is 0.158. The largest absolute Gasteiger partial charge is 0.481 e. The highest BCUT2D eigenvalue weighted by Crippen LogP contribution is 2.38. The van der Waals surface area contributed by atoms with E-state index in [0.29, 0.717) is 5.54 Å². The van der Waals surface area contributed by atoms with E-state index < -0.39 is 5.97 Å². The van der Waals surface area contributed by atoms with Gasteiger partial charge in [0, 0.05) is 18.1 Å². The summed E-state index contributed by atoms with van der Waals surface area (Å²) in [5.41, 5.74) is 0.292. The van der Waals surface area contributed by atoms with Crippen molar-refractivity contribution < 1.29 is 9.90 Å². The lowest BCUT2D eigenvalue weighted by Crippen LogP contribution is -2.58. The highest BCUT2D eigenvalue weighted by Gasteiger charge is 2.43. The van der Waals surface area contributed by atoms with Crippen molar-refractivity contribution in [1.82, 2.24) is 9.80 Å². The number of nitrogens with zero attached hydrogens (tertiary/aromatic N) is 2. The maximum atomic E-state index is 11.3. The molecule has 2 aliphatic rings. The average Bonchev–Trinajstić information content (AvgIpc) is 2.71. The van der Waals surface area contributed by atoms with Crippen molar-refractivity contribution >= 4 is 5.97 Å². The Hall–Kier alpha value is -0.610. The first-order valence-corrected chi connectivity index (χ1v) is 7.07. The number of hydrogen-bond donors (Lipinski definition) is 1. The zero-order chi connectivity index (χ0) is 13.3. The Morgan fingerprint density at radius 2 is 1.89 bits per heavy atom. The van der Waals surface area contributed by atoms with E-state index in [2.05, 4.69) is 30.9 Å². The van der Waals surface area contributed by atoms with Crippen molar-refractivity contribution in [2.24, 2.45) is 5.92 Å². The van der Waals surface area contributed by atoms with Crippen LogP contribution in [0.3, 0.4) is 0 Å². The van der Waals surface area contributed by atoms with Gasteiger partial charge in [0.2, 0.25) is 0 Å². The van der Waals surface area contributed by atoms with Crippen molar-refractivity contribution in [2.45, 2.75) is 50.1 Å². The van der Waals surface area contributed by atoms with Gasteiger partial charge in [0.05, 0.1) is 5.92 Å². The Morgan fingerprint density at radius 3 is 2.33 bits per heavy atom. The molecule has 2 unspecified atom stereocenters. The number of carboxylic acids is 1. The molecule has 0 spiro atoms. The maximum absolute atomic E-state index is 11.3. The molecule has 0 bridgehead atoms. The molecule has 0 aliphatic heterocycles. The second-order valence-corrected chi connectivity index (χ2v) is 6.33. The van der Waals surface area contributed by atoms with Gasteiger partial charge in [0.15, 0.2) is 0 Å². The molecule has 18 heavy (non-hydrogen) atoms. The fourth-order valence-electron chi connectivity index (χ4n) is 3.67. The van der Waals surface area contributed by atoms with Gasteiger partial charge in [-0.05, 0) is 53.2 Å². The SMILES string of the molecule is CN(CC1(N(C)C)CCC1)C1CCCC1C(=O)O. The van der Waals surface area contributed by atoms with Crippen LogP contribution in [0.2, 0.25) is 0 Å². The molecule has 2 saturated carbocycles. The predicted octanol–water partition coefficient (Wildman–Crippen LogP) is 1.66. The van der Waals surface area contributed by atoms with Crippen LogP contribution < -0.4 is 0 Å². The van der Waals surface area contributed by atoms with Crippen LogP contribution in [-0.4, -0.2) is 60.1 Å². The van der Waals surface area contributed by atoms with E-state index in [9.17, 15) is 9.90 Å². The van der Waals surface area contributed by atoms with Gasteiger partial charge in [0.1, 0.15) is 0 Å². The summed E-state index contributed by atoms with van der Waals surface area (Å²) in [4.78, 5) is 15.9. The number of aliphatic carboxylic acids is 1. The summed E-state index contributed by atoms with van der Waals surface area (Å²) in [7, 11) is 6.40. The minimum Gasteiger partial charge on any atom is -0.481 e. The van der Waals surface area contributed by atoms with Gasteiger partial charge < -0.3 is 14.9 Å². The highest BCUT2D eigenvalue weighted by molar-refractivity contribution is 5.71. The molecule has 2 aliphatic carbocycles. The van der Waals surface area contributed by atoms with Gasteiger partial charge >= 0.3 is 5.97 Å². The van der Waals surface area contributed by atoms with Crippen LogP contribution in [0.5, 0.6) is 0 Å². The van der Waals surface area contributed by atoms with Gasteiger partial charge in [-0.2, -0.15) is 0 Å². The van der Waals surface area contributed by atoms with E-state index in [1.165, 1.54) is 19.3 Å². The molecule has 0 aromatic rings. The summed E-state index contributed by atoms with van der Waals surface area (Å²) in [6, 6.07) is 0.236. The van der Waals surface area contributed by atoms with Crippen molar-refractivity contribution in [2.75, 3.05) is 27.7 Å². The summed E-state index contributed by atoms with van der Waals surface area (Å²) in [6.45, 7) is 1.01. The standard InChI is InChI=1S/C14H26N2O2/c1-15(2)14(8-5-9-14)10-16(3)12-7-4-6-11(12)13(17)18/h11-12H,4-10H2,1-3H3,(H,17,18). The quantitative estimate of drug-likeness (QED) is 0.810. The van der Waals surface area contributed by atoms with Gasteiger partial charge in [-0.1, -0.05) is 6.42 Å². The lowest BCUT2D eigenvalue weighted by atomic mass is 9.75. The lowest BCUT2D eigenvalue weighted by Gasteiger charge is -2.50. The van der Waals surface area contributed by atoms with Crippen LogP contribution in [-0.2, 0) is 4.79 Å². The number of likely N-dealkylation sites (N-methyl/N-ethyl adjacent to an activating group) is 2. The zero-order valence-electron chi connectivity index (χ0n) is 11.9. The molecule has 1 N–H and O–H groups in total. The smallest absolute Gasteiger partial charge is 0.308 e. The van der Waals surface area contributed by atoms with Crippen LogP contribution in [0, 0.1) is 5.92 Å². The van der Waals surface area contributed by atoms with Crippen LogP contribution in [0.15, 0.2) is 0 Å². The number of carbonyl (C=O) groups is 1. The third-order valence-corrected chi connectivity index (χ3v) is 5.14. The number of carboxylic acid groups (broad SMARTS) is 1. The molecule has 0 amide bonds. The van der Waals surface area contributed by atoms with Crippen molar-refractivity contribution in [3.05, 3.63) is 0 Å². The maximum Gasteiger partial charge on any atom is 0.308 e. The number of rotatable bonds is 5. The first kappa shape index (κ1) is 13.8. The van der Waals surface area contributed by atoms with Gasteiger partial charge in [-0.15, -0.1) is 0 Å². The molecule has 0 aromatic carbocycles. The van der Waals surface area contributed by atoms with Crippen molar-refractivity contribution in [3.63, 3.8) is 0 Å². The second-order valence-electron chi connectivity index (χ2n) is 6.33. The van der Waals surface area contributed by atoms with Gasteiger partial charge in [-0.25, -0.2) is 0 Å². The zero-order valence-corrected chi connectivity index (χ0v) is 11.9. The van der Waals surface area contributed by atoms with E-state index >= 15 is 0 Å². The third kappa shape index (κ3) is 2.41. The van der Waals surface area contributed by atoms with E-state index in [4.69, 9.17) is 0 Å². The van der Waals surface area contributed by atoms with Crippen LogP contribution in [0.1, 0.15) is 38.5 Å². The molecule has 0 radical (unpaired) electrons. The van der Waals surface area contributed by atoms with Gasteiger partial charge in [-0.3, -0.25) is 4.79 Å². The molecule has 4 nitrogen and oxygen atoms in total. The van der Waals surface area contributed by atoms with E-state index in [1.807, 2.05) is 0 Å². The molecular formula is C14H26N2O2. The summed E-state index contributed by atoms with van der Waals surface area (Å²) in [5, 5.41) is 9.27. The average molecular weight is 254 g/mol. The first-order valence-electron chi connectivity index (χ1n) is 7.07. The van der Waals surface area contributed by atoms with Crippen molar-refractivity contribution in [1.29, 1.82) is 0 Å². The topological polar surface area (TPSA) is 43.8 Å². The third-order valence-electron chi connectivity index (χ3n) is 5.14. The molecular weight excluding hydrogens is 228 g/mol. The Labute approximate surface area is 110 Å². The van der Waals surface area contributed by atoms with E-state index in [1.54, 1.807) is 0 Å². The molecule has 0 aromatic heterocycles. The molecule has 2 fully saturated rings. The normalized spacial score (nSPS) is 30.7. The Kier molecular flexibility index (Phi) is 3.97. The van der Waals surface area contributed by atoms with Crippen LogP contribution >= 0.6 is 0 Å². The molecule has 0 heterocycles. The van der Waals surface area contributed by atoms with Crippen molar-refractivity contribution in [3.8, 4) is 0 Å². The summed E-state index contributed by atoms with van der Waals surface area (Å²) in [5.74, 6) is -0.772. The second kappa shape index (κ2) is 5.17. The van der Waals surface area contributed by atoms with Gasteiger partial charge in [0.25, 0.3) is 0 Å². The Bertz CT molecular complexity index is 313. The predicted molar refractivity (Wildman–Crippen MR) is 71.7 cm³/mol. The fourth-order valence-corrected chi connectivity index (χ4v) is 3.67. The summed E-state index contributed by atoms with van der Waals surface area (Å²) in [6.07, 6.45) is 6.74. The molecule has 2 rings (SSSR count). The van der Waals surface area contributed by atoms with Crippen LogP contribution in [0.25, 0.3) is 0 Å². The molecule has 104 valence electrons. The molecule has 2 atom stereocenters. The highest BCUT2D eigenvalue weighted by atomic mass is 16.4. The van der Waals surface area contributed by atoms with E-state index in [0.717, 1.165) is 25.8 Å². The van der Waals surface area contributed by atoms with Crippen LogP contribution in [0.4, 0.5) is 0 Å². The fraction of sp³-hybridized carbons (Fsp3) is 0.929. The van der Waals surface area contributed by atoms with E-state index in [-0.39, 0.29) is 12.0 Å². The first-order chi connectivity index (χ1) is 8.46. The Balaban J connectivity index is 1.99. The summed E-state index contributed by atoms with van der Waals surface area (Å²) >= 11 is 0. The minimum atomic E-state index is -0.614. The lowest BCUT2D eigenvalue weighted by molar-refractivity contribution is -0.143.